The second-order valence-corrected chi connectivity index (χ2v) is 5.66. The molecule has 19 heavy (non-hydrogen) atoms. The smallest absolute Gasteiger partial charge is 0.255 e. The maximum Gasteiger partial charge on any atom is 0.255 e. The van der Waals surface area contributed by atoms with Crippen molar-refractivity contribution in [2.24, 2.45) is 0 Å². The normalized spacial score (nSPS) is 12.1. The zero-order valence-electron chi connectivity index (χ0n) is 10.7. The van der Waals surface area contributed by atoms with Gasteiger partial charge >= 0.3 is 0 Å². The first-order chi connectivity index (χ1) is 8.97. The van der Waals surface area contributed by atoms with Gasteiger partial charge in [0.25, 0.3) is 5.91 Å². The van der Waals surface area contributed by atoms with Crippen LogP contribution < -0.4 is 5.32 Å². The Balaban J connectivity index is 2.15. The molecule has 4 nitrogen and oxygen atoms in total. The van der Waals surface area contributed by atoms with Gasteiger partial charge in [0.15, 0.2) is 0 Å². The lowest BCUT2D eigenvalue weighted by molar-refractivity contribution is 0.0937. The molecule has 0 saturated carbocycles. The summed E-state index contributed by atoms with van der Waals surface area (Å²) in [4.78, 5) is 14.3. The molecule has 0 spiro atoms. The molecule has 1 heterocycles. The number of aryl methyl sites for hydroxylation is 1. The van der Waals surface area contributed by atoms with E-state index < -0.39 is 5.91 Å². The molecule has 2 aromatic rings. The summed E-state index contributed by atoms with van der Waals surface area (Å²) in [5.41, 5.74) is 0.0696. The van der Waals surface area contributed by atoms with E-state index >= 15 is 0 Å². The van der Waals surface area contributed by atoms with Gasteiger partial charge in [-0.2, -0.15) is 0 Å². The summed E-state index contributed by atoms with van der Waals surface area (Å²) in [5, 5.41) is 21.8. The largest absolute Gasteiger partial charge is 0.508 e. The van der Waals surface area contributed by atoms with Crippen LogP contribution in [0.15, 0.2) is 30.3 Å². The quantitative estimate of drug-likeness (QED) is 0.755. The summed E-state index contributed by atoms with van der Waals surface area (Å²) >= 11 is 1.61. The summed E-state index contributed by atoms with van der Waals surface area (Å²) < 4.78 is 0. The maximum atomic E-state index is 12.0. The van der Waals surface area contributed by atoms with Crippen LogP contribution in [0.2, 0.25) is 0 Å². The number of hydrogen-bond donors (Lipinski definition) is 3. The average Bonchev–Trinajstić information content (AvgIpc) is 2.79. The molecular weight excluding hydrogens is 262 g/mol. The third-order valence-corrected chi connectivity index (χ3v) is 3.94. The maximum absolute atomic E-state index is 12.0. The molecular formula is C14H15NO3S. The average molecular weight is 277 g/mol. The van der Waals surface area contributed by atoms with Crippen LogP contribution in [0.4, 0.5) is 0 Å². The number of carbonyl (C=O) groups is 1. The minimum atomic E-state index is -0.410. The van der Waals surface area contributed by atoms with Crippen molar-refractivity contribution in [3.05, 3.63) is 45.6 Å². The molecule has 5 heteroatoms. The number of phenolic OH excluding ortho intramolecular Hbond substituents is 2. The molecule has 1 aromatic heterocycles. The highest BCUT2D eigenvalue weighted by Crippen LogP contribution is 2.25. The number of benzene rings is 1. The number of aromatic hydroxyl groups is 2. The number of phenols is 2. The fourth-order valence-electron chi connectivity index (χ4n) is 1.74. The van der Waals surface area contributed by atoms with Crippen LogP contribution in [0, 0.1) is 6.92 Å². The van der Waals surface area contributed by atoms with E-state index in [1.807, 2.05) is 26.0 Å². The second-order valence-electron chi connectivity index (χ2n) is 4.35. The lowest BCUT2D eigenvalue weighted by atomic mass is 10.1. The van der Waals surface area contributed by atoms with Crippen LogP contribution >= 0.6 is 11.3 Å². The summed E-state index contributed by atoms with van der Waals surface area (Å²) in [6.07, 6.45) is 0. The number of nitrogens with one attached hydrogen (secondary N) is 1. The molecule has 0 aliphatic rings. The Kier molecular flexibility index (Phi) is 3.76. The van der Waals surface area contributed by atoms with E-state index in [0.717, 1.165) is 4.88 Å². The van der Waals surface area contributed by atoms with Crippen molar-refractivity contribution in [1.82, 2.24) is 5.32 Å². The van der Waals surface area contributed by atoms with Crippen LogP contribution in [-0.4, -0.2) is 16.1 Å². The van der Waals surface area contributed by atoms with Gasteiger partial charge in [0, 0.05) is 9.75 Å². The Labute approximate surface area is 115 Å². The molecule has 0 radical (unpaired) electrons. The lowest BCUT2D eigenvalue weighted by Gasteiger charge is -2.13. The molecule has 0 aliphatic carbocycles. The number of rotatable bonds is 3. The Bertz CT molecular complexity index is 606. The van der Waals surface area contributed by atoms with E-state index in [9.17, 15) is 15.0 Å². The zero-order chi connectivity index (χ0) is 14.0. The summed E-state index contributed by atoms with van der Waals surface area (Å²) in [6, 6.07) is 7.69. The highest BCUT2D eigenvalue weighted by molar-refractivity contribution is 7.12. The monoisotopic (exact) mass is 277 g/mol. The van der Waals surface area contributed by atoms with E-state index in [-0.39, 0.29) is 23.1 Å². The van der Waals surface area contributed by atoms with Gasteiger partial charge in [0.1, 0.15) is 11.5 Å². The van der Waals surface area contributed by atoms with Crippen molar-refractivity contribution >= 4 is 17.2 Å². The Morgan fingerprint density at radius 2 is 2.00 bits per heavy atom. The molecule has 3 N–H and O–H groups in total. The predicted molar refractivity (Wildman–Crippen MR) is 74.7 cm³/mol. The van der Waals surface area contributed by atoms with Crippen LogP contribution in [0.5, 0.6) is 11.5 Å². The molecule has 1 amide bonds. The van der Waals surface area contributed by atoms with E-state index in [0.29, 0.717) is 0 Å². The molecule has 1 atom stereocenters. The topological polar surface area (TPSA) is 69.6 Å². The summed E-state index contributed by atoms with van der Waals surface area (Å²) in [7, 11) is 0. The second kappa shape index (κ2) is 5.32. The van der Waals surface area contributed by atoms with Crippen LogP contribution in [0.1, 0.15) is 33.1 Å². The summed E-state index contributed by atoms with van der Waals surface area (Å²) in [6.45, 7) is 3.88. The number of hydrogen-bond acceptors (Lipinski definition) is 4. The first kappa shape index (κ1) is 13.4. The van der Waals surface area contributed by atoms with Crippen molar-refractivity contribution in [3.63, 3.8) is 0 Å². The molecule has 100 valence electrons. The number of amides is 1. The Hall–Kier alpha value is -2.01. The molecule has 1 aromatic carbocycles. The van der Waals surface area contributed by atoms with Gasteiger partial charge in [-0.1, -0.05) is 0 Å². The standard InChI is InChI=1S/C14H15NO3S/c1-8-3-6-13(19-8)9(2)15-14(18)11-7-10(16)4-5-12(11)17/h3-7,9,16-17H,1-2H3,(H,15,18). The molecule has 0 fully saturated rings. The fraction of sp³-hybridized carbons (Fsp3) is 0.214. The first-order valence-corrected chi connectivity index (χ1v) is 6.68. The van der Waals surface area contributed by atoms with Crippen molar-refractivity contribution in [3.8, 4) is 11.5 Å². The van der Waals surface area contributed by atoms with E-state index in [1.165, 1.54) is 23.1 Å². The highest BCUT2D eigenvalue weighted by Gasteiger charge is 2.16. The van der Waals surface area contributed by atoms with Gasteiger partial charge in [-0.15, -0.1) is 11.3 Å². The summed E-state index contributed by atoms with van der Waals surface area (Å²) in [5.74, 6) is -0.612. The molecule has 1 unspecified atom stereocenters. The van der Waals surface area contributed by atoms with E-state index in [4.69, 9.17) is 0 Å². The minimum absolute atomic E-state index is 0.0532. The van der Waals surface area contributed by atoms with E-state index in [2.05, 4.69) is 5.32 Å². The third-order valence-electron chi connectivity index (χ3n) is 2.76. The van der Waals surface area contributed by atoms with Gasteiger partial charge in [-0.3, -0.25) is 4.79 Å². The number of carbonyl (C=O) groups excluding carboxylic acids is 1. The molecule has 0 saturated heterocycles. The van der Waals surface area contributed by atoms with Crippen LogP contribution in [0.3, 0.4) is 0 Å². The van der Waals surface area contributed by atoms with Crippen molar-refractivity contribution in [1.29, 1.82) is 0 Å². The van der Waals surface area contributed by atoms with Gasteiger partial charge < -0.3 is 15.5 Å². The van der Waals surface area contributed by atoms with Crippen molar-refractivity contribution in [2.45, 2.75) is 19.9 Å². The number of thiophene rings is 1. The van der Waals surface area contributed by atoms with Crippen molar-refractivity contribution in [2.75, 3.05) is 0 Å². The van der Waals surface area contributed by atoms with Crippen molar-refractivity contribution < 1.29 is 15.0 Å². The molecule has 0 aliphatic heterocycles. The predicted octanol–water partition coefficient (Wildman–Crippen LogP) is 2.96. The lowest BCUT2D eigenvalue weighted by Crippen LogP contribution is -2.26. The fourth-order valence-corrected chi connectivity index (χ4v) is 2.62. The molecule has 2 rings (SSSR count). The highest BCUT2D eigenvalue weighted by atomic mass is 32.1. The minimum Gasteiger partial charge on any atom is -0.508 e. The van der Waals surface area contributed by atoms with Gasteiger partial charge in [0.2, 0.25) is 0 Å². The Morgan fingerprint density at radius 1 is 1.26 bits per heavy atom. The SMILES string of the molecule is Cc1ccc(C(C)NC(=O)c2cc(O)ccc2O)s1. The van der Waals surface area contributed by atoms with Crippen LogP contribution in [0.25, 0.3) is 0 Å². The van der Waals surface area contributed by atoms with Gasteiger partial charge in [-0.05, 0) is 44.2 Å². The Morgan fingerprint density at radius 3 is 2.63 bits per heavy atom. The van der Waals surface area contributed by atoms with Gasteiger partial charge in [-0.25, -0.2) is 0 Å². The van der Waals surface area contributed by atoms with Crippen LogP contribution in [-0.2, 0) is 0 Å². The third kappa shape index (κ3) is 3.06. The first-order valence-electron chi connectivity index (χ1n) is 5.86. The van der Waals surface area contributed by atoms with E-state index in [1.54, 1.807) is 11.3 Å². The zero-order valence-corrected chi connectivity index (χ0v) is 11.5. The molecule has 0 bridgehead atoms. The van der Waals surface area contributed by atoms with Gasteiger partial charge in [0.05, 0.1) is 11.6 Å².